The van der Waals surface area contributed by atoms with E-state index in [1.54, 1.807) is 0 Å². The van der Waals surface area contributed by atoms with Crippen LogP contribution in [0.3, 0.4) is 0 Å². The Morgan fingerprint density at radius 1 is 1.10 bits per heavy atom. The summed E-state index contributed by atoms with van der Waals surface area (Å²) in [6.07, 6.45) is 7.66. The molecular formula is C16H20BrN3. The van der Waals surface area contributed by atoms with Gasteiger partial charge in [0.1, 0.15) is 5.82 Å². The van der Waals surface area contributed by atoms with E-state index < -0.39 is 0 Å². The molecule has 1 aromatic heterocycles. The van der Waals surface area contributed by atoms with E-state index in [1.165, 1.54) is 38.5 Å². The molecule has 3 nitrogen and oxygen atoms in total. The molecule has 0 radical (unpaired) electrons. The van der Waals surface area contributed by atoms with E-state index in [-0.39, 0.29) is 0 Å². The van der Waals surface area contributed by atoms with Gasteiger partial charge in [-0.3, -0.25) is 0 Å². The van der Waals surface area contributed by atoms with E-state index in [1.807, 2.05) is 22.9 Å². The fourth-order valence-electron chi connectivity index (χ4n) is 2.99. The largest absolute Gasteiger partial charge is 0.384 e. The Labute approximate surface area is 128 Å². The Morgan fingerprint density at radius 3 is 2.55 bits per heavy atom. The zero-order valence-electron chi connectivity index (χ0n) is 11.6. The van der Waals surface area contributed by atoms with Crippen molar-refractivity contribution in [2.75, 3.05) is 5.73 Å². The summed E-state index contributed by atoms with van der Waals surface area (Å²) in [5, 5.41) is 4.76. The number of hydrogen-bond acceptors (Lipinski definition) is 2. The third kappa shape index (κ3) is 2.90. The van der Waals surface area contributed by atoms with Crippen LogP contribution in [0.1, 0.15) is 44.6 Å². The quantitative estimate of drug-likeness (QED) is 0.803. The van der Waals surface area contributed by atoms with Crippen LogP contribution in [0, 0.1) is 0 Å². The van der Waals surface area contributed by atoms with Crippen LogP contribution in [0.25, 0.3) is 11.3 Å². The number of nitrogens with zero attached hydrogens (tertiary/aromatic N) is 2. The fraction of sp³-hybridized carbons (Fsp3) is 0.438. The summed E-state index contributed by atoms with van der Waals surface area (Å²) in [6, 6.07) is 10.7. The van der Waals surface area contributed by atoms with Crippen LogP contribution in [0.4, 0.5) is 5.82 Å². The Balaban J connectivity index is 1.90. The van der Waals surface area contributed by atoms with Gasteiger partial charge in [-0.1, -0.05) is 53.7 Å². The van der Waals surface area contributed by atoms with Crippen LogP contribution in [0.2, 0.25) is 0 Å². The molecule has 3 rings (SSSR count). The minimum Gasteiger partial charge on any atom is -0.384 e. The lowest BCUT2D eigenvalue weighted by Gasteiger charge is -2.16. The van der Waals surface area contributed by atoms with Crippen LogP contribution >= 0.6 is 15.9 Å². The number of aromatic nitrogens is 2. The van der Waals surface area contributed by atoms with Crippen molar-refractivity contribution < 1.29 is 0 Å². The molecule has 1 aromatic carbocycles. The molecule has 0 saturated heterocycles. The highest BCUT2D eigenvalue weighted by atomic mass is 79.9. The van der Waals surface area contributed by atoms with E-state index in [2.05, 4.69) is 28.1 Å². The predicted octanol–water partition coefficient (Wildman–Crippen LogP) is 4.79. The number of anilines is 1. The van der Waals surface area contributed by atoms with Crippen molar-refractivity contribution in [1.29, 1.82) is 0 Å². The number of hydrogen-bond donors (Lipinski definition) is 1. The number of rotatable bonds is 2. The third-order valence-electron chi connectivity index (χ3n) is 4.06. The number of nitrogens with two attached hydrogens (primary N) is 1. The van der Waals surface area contributed by atoms with Gasteiger partial charge in [0.05, 0.1) is 11.7 Å². The van der Waals surface area contributed by atoms with Crippen LogP contribution in [0.15, 0.2) is 34.8 Å². The number of nitrogen functional groups attached to an aromatic ring is 1. The van der Waals surface area contributed by atoms with Gasteiger partial charge in [0.25, 0.3) is 0 Å². The van der Waals surface area contributed by atoms with Gasteiger partial charge in [0.2, 0.25) is 0 Å². The van der Waals surface area contributed by atoms with Gasteiger partial charge in [-0.2, -0.15) is 5.10 Å². The van der Waals surface area contributed by atoms with E-state index >= 15 is 0 Å². The van der Waals surface area contributed by atoms with Crippen molar-refractivity contribution in [2.24, 2.45) is 0 Å². The van der Waals surface area contributed by atoms with Crippen molar-refractivity contribution in [3.8, 4) is 11.3 Å². The highest BCUT2D eigenvalue weighted by molar-refractivity contribution is 9.10. The van der Waals surface area contributed by atoms with Crippen LogP contribution in [0.5, 0.6) is 0 Å². The first kappa shape index (κ1) is 13.7. The molecule has 0 bridgehead atoms. The lowest BCUT2D eigenvalue weighted by atomic mass is 10.1. The fourth-order valence-corrected chi connectivity index (χ4v) is 3.39. The molecule has 0 amide bonds. The minimum atomic E-state index is 0.471. The Morgan fingerprint density at radius 2 is 1.85 bits per heavy atom. The molecule has 1 fully saturated rings. The second kappa shape index (κ2) is 6.00. The van der Waals surface area contributed by atoms with Gasteiger partial charge in [-0.05, 0) is 25.0 Å². The monoisotopic (exact) mass is 333 g/mol. The maximum absolute atomic E-state index is 6.19. The van der Waals surface area contributed by atoms with Crippen molar-refractivity contribution in [2.45, 2.75) is 44.6 Å². The third-order valence-corrected chi connectivity index (χ3v) is 4.55. The molecular weight excluding hydrogens is 314 g/mol. The first-order valence-electron chi connectivity index (χ1n) is 7.35. The minimum absolute atomic E-state index is 0.471. The summed E-state index contributed by atoms with van der Waals surface area (Å²) in [6.45, 7) is 0. The first-order chi connectivity index (χ1) is 9.74. The van der Waals surface area contributed by atoms with Crippen LogP contribution in [-0.2, 0) is 0 Å². The van der Waals surface area contributed by atoms with Gasteiger partial charge in [-0.15, -0.1) is 0 Å². The molecule has 0 aliphatic heterocycles. The van der Waals surface area contributed by atoms with Crippen molar-refractivity contribution in [3.05, 3.63) is 34.8 Å². The van der Waals surface area contributed by atoms with E-state index in [4.69, 9.17) is 10.8 Å². The number of halogens is 1. The summed E-state index contributed by atoms with van der Waals surface area (Å²) >= 11 is 3.51. The average Bonchev–Trinajstić information content (AvgIpc) is 2.66. The highest BCUT2D eigenvalue weighted by Crippen LogP contribution is 2.31. The smallest absolute Gasteiger partial charge is 0.122 e. The van der Waals surface area contributed by atoms with E-state index in [9.17, 15) is 0 Å². The Kier molecular flexibility index (Phi) is 4.10. The SMILES string of the molecule is Nc1cc(-c2cccc(Br)c2)nn1C1CCCCCC1. The maximum Gasteiger partial charge on any atom is 0.122 e. The molecule has 1 aliphatic rings. The highest BCUT2D eigenvalue weighted by Gasteiger charge is 2.18. The Bertz CT molecular complexity index is 583. The zero-order chi connectivity index (χ0) is 13.9. The second-order valence-electron chi connectivity index (χ2n) is 5.55. The molecule has 2 aromatic rings. The molecule has 4 heteroatoms. The predicted molar refractivity (Wildman–Crippen MR) is 86.5 cm³/mol. The topological polar surface area (TPSA) is 43.8 Å². The van der Waals surface area contributed by atoms with Gasteiger partial charge < -0.3 is 5.73 Å². The molecule has 0 atom stereocenters. The average molecular weight is 334 g/mol. The normalized spacial score (nSPS) is 17.1. The summed E-state index contributed by atoms with van der Waals surface area (Å²) in [7, 11) is 0. The van der Waals surface area contributed by atoms with Crippen molar-refractivity contribution in [3.63, 3.8) is 0 Å². The van der Waals surface area contributed by atoms with Crippen molar-refractivity contribution in [1.82, 2.24) is 9.78 Å². The maximum atomic E-state index is 6.19. The van der Waals surface area contributed by atoms with Gasteiger partial charge in [0.15, 0.2) is 0 Å². The summed E-state index contributed by atoms with van der Waals surface area (Å²) in [4.78, 5) is 0. The van der Waals surface area contributed by atoms with Gasteiger partial charge >= 0.3 is 0 Å². The van der Waals surface area contributed by atoms with Crippen LogP contribution < -0.4 is 5.73 Å². The molecule has 1 saturated carbocycles. The molecule has 106 valence electrons. The molecule has 1 heterocycles. The van der Waals surface area contributed by atoms with Crippen molar-refractivity contribution >= 4 is 21.7 Å². The Hall–Kier alpha value is -1.29. The molecule has 1 aliphatic carbocycles. The lowest BCUT2D eigenvalue weighted by Crippen LogP contribution is -2.12. The second-order valence-corrected chi connectivity index (χ2v) is 6.47. The van der Waals surface area contributed by atoms with E-state index in [0.717, 1.165) is 21.5 Å². The van der Waals surface area contributed by atoms with Gasteiger partial charge in [0, 0.05) is 16.1 Å². The summed E-state index contributed by atoms with van der Waals surface area (Å²) in [5.74, 6) is 0.784. The molecule has 20 heavy (non-hydrogen) atoms. The summed E-state index contributed by atoms with van der Waals surface area (Å²) in [5.41, 5.74) is 8.26. The molecule has 0 spiro atoms. The number of benzene rings is 1. The molecule has 2 N–H and O–H groups in total. The van der Waals surface area contributed by atoms with Gasteiger partial charge in [-0.25, -0.2) is 4.68 Å². The van der Waals surface area contributed by atoms with Crippen LogP contribution in [-0.4, -0.2) is 9.78 Å². The zero-order valence-corrected chi connectivity index (χ0v) is 13.1. The summed E-state index contributed by atoms with van der Waals surface area (Å²) < 4.78 is 3.11. The van der Waals surface area contributed by atoms with E-state index in [0.29, 0.717) is 6.04 Å². The molecule has 0 unspecified atom stereocenters. The standard InChI is InChI=1S/C16H20BrN3/c17-13-7-5-6-12(10-13)15-11-16(18)20(19-15)14-8-3-1-2-4-9-14/h5-7,10-11,14H,1-4,8-9,18H2. The lowest BCUT2D eigenvalue weighted by molar-refractivity contribution is 0.412. The first-order valence-corrected chi connectivity index (χ1v) is 8.14.